The highest BCUT2D eigenvalue weighted by atomic mass is 32.2. The number of hydrogen-bond acceptors (Lipinski definition) is 4. The Morgan fingerprint density at radius 1 is 0.909 bits per heavy atom. The van der Waals surface area contributed by atoms with Crippen LogP contribution in [0.15, 0.2) is 83.8 Å². The Hall–Kier alpha value is -3.16. The third kappa shape index (κ3) is 4.79. The maximum absolute atomic E-state index is 13.3. The number of amides is 1. The predicted octanol–water partition coefficient (Wildman–Crippen LogP) is 4.43. The Bertz CT molecular complexity index is 1200. The number of sulfonamides is 1. The second-order valence-corrected chi connectivity index (χ2v) is 10.1. The largest absolute Gasteiger partial charge is 0.497 e. The first-order valence-corrected chi connectivity index (χ1v) is 12.4. The summed E-state index contributed by atoms with van der Waals surface area (Å²) < 4.78 is 32.6. The lowest BCUT2D eigenvalue weighted by atomic mass is 9.95. The quantitative estimate of drug-likeness (QED) is 0.541. The van der Waals surface area contributed by atoms with E-state index in [2.05, 4.69) is 0 Å². The number of methoxy groups -OCH3 is 1. The van der Waals surface area contributed by atoms with E-state index in [0.717, 1.165) is 16.8 Å². The van der Waals surface area contributed by atoms with E-state index in [-0.39, 0.29) is 16.7 Å². The van der Waals surface area contributed by atoms with Crippen molar-refractivity contribution in [1.29, 1.82) is 0 Å². The molecule has 0 spiro atoms. The van der Waals surface area contributed by atoms with E-state index in [1.165, 1.54) is 4.31 Å². The third-order valence-electron chi connectivity index (χ3n) is 6.18. The molecule has 0 N–H and O–H groups in total. The van der Waals surface area contributed by atoms with Crippen LogP contribution < -0.4 is 9.64 Å². The van der Waals surface area contributed by atoms with Gasteiger partial charge in [0.15, 0.2) is 0 Å². The van der Waals surface area contributed by atoms with Crippen LogP contribution in [0.4, 0.5) is 5.69 Å². The van der Waals surface area contributed by atoms with Crippen molar-refractivity contribution in [3.8, 4) is 16.9 Å². The van der Waals surface area contributed by atoms with Crippen LogP contribution in [-0.4, -0.2) is 45.9 Å². The first-order valence-electron chi connectivity index (χ1n) is 11.0. The van der Waals surface area contributed by atoms with E-state index in [9.17, 15) is 13.2 Å². The molecular formula is C26H28N2O4S. The van der Waals surface area contributed by atoms with Gasteiger partial charge in [0.2, 0.25) is 15.9 Å². The van der Waals surface area contributed by atoms with Gasteiger partial charge >= 0.3 is 0 Å². The van der Waals surface area contributed by atoms with E-state index < -0.39 is 10.0 Å². The highest BCUT2D eigenvalue weighted by Crippen LogP contribution is 2.32. The number of nitrogens with zero attached hydrogens (tertiary/aromatic N) is 2. The predicted molar refractivity (Wildman–Crippen MR) is 130 cm³/mol. The van der Waals surface area contributed by atoms with Crippen molar-refractivity contribution in [2.24, 2.45) is 5.92 Å². The van der Waals surface area contributed by atoms with Crippen LogP contribution in [0.25, 0.3) is 11.1 Å². The van der Waals surface area contributed by atoms with Crippen molar-refractivity contribution in [2.75, 3.05) is 32.1 Å². The monoisotopic (exact) mass is 464 g/mol. The molecule has 0 saturated carbocycles. The molecular weight excluding hydrogens is 436 g/mol. The molecule has 1 saturated heterocycles. The Morgan fingerprint density at radius 2 is 1.52 bits per heavy atom. The molecule has 6 nitrogen and oxygen atoms in total. The molecule has 172 valence electrons. The minimum atomic E-state index is -3.60. The zero-order valence-electron chi connectivity index (χ0n) is 18.8. The van der Waals surface area contributed by atoms with Crippen LogP contribution in [0.3, 0.4) is 0 Å². The van der Waals surface area contributed by atoms with Gasteiger partial charge in [0.1, 0.15) is 5.75 Å². The second kappa shape index (κ2) is 9.77. The van der Waals surface area contributed by atoms with Crippen LogP contribution in [0.1, 0.15) is 12.8 Å². The number of benzene rings is 3. The van der Waals surface area contributed by atoms with Crippen LogP contribution in [0.5, 0.6) is 5.75 Å². The SMILES string of the molecule is COc1ccc(S(=O)(=O)N2CCC(C(=O)N(C)c3ccccc3-c3ccccc3)CC2)cc1. The van der Waals surface area contributed by atoms with E-state index in [4.69, 9.17) is 4.74 Å². The molecule has 7 heteroatoms. The minimum absolute atomic E-state index is 0.0138. The molecule has 0 bridgehead atoms. The van der Waals surface area contributed by atoms with E-state index in [1.807, 2.05) is 54.6 Å². The van der Waals surface area contributed by atoms with Crippen LogP contribution >= 0.6 is 0 Å². The molecule has 0 aliphatic carbocycles. The fraction of sp³-hybridized carbons (Fsp3) is 0.269. The van der Waals surface area contributed by atoms with Gasteiger partial charge in [0, 0.05) is 31.6 Å². The van der Waals surface area contributed by atoms with Crippen LogP contribution in [0, 0.1) is 5.92 Å². The van der Waals surface area contributed by atoms with Gasteiger partial charge in [-0.3, -0.25) is 4.79 Å². The van der Waals surface area contributed by atoms with Gasteiger partial charge in [0.25, 0.3) is 0 Å². The van der Waals surface area contributed by atoms with Gasteiger partial charge in [-0.25, -0.2) is 8.42 Å². The summed E-state index contributed by atoms with van der Waals surface area (Å²) in [5, 5.41) is 0. The fourth-order valence-electron chi connectivity index (χ4n) is 4.26. The average Bonchev–Trinajstić information content (AvgIpc) is 2.88. The Labute approximate surface area is 195 Å². The third-order valence-corrected chi connectivity index (χ3v) is 8.09. The number of anilines is 1. The number of piperidine rings is 1. The molecule has 0 radical (unpaired) electrons. The van der Waals surface area contributed by atoms with Gasteiger partial charge < -0.3 is 9.64 Å². The lowest BCUT2D eigenvalue weighted by Crippen LogP contribution is -2.43. The maximum atomic E-state index is 13.3. The van der Waals surface area contributed by atoms with E-state index in [1.54, 1.807) is 43.3 Å². The molecule has 1 heterocycles. The lowest BCUT2D eigenvalue weighted by Gasteiger charge is -2.33. The Morgan fingerprint density at radius 3 is 2.15 bits per heavy atom. The van der Waals surface area contributed by atoms with Crippen molar-refractivity contribution in [2.45, 2.75) is 17.7 Å². The summed E-state index contributed by atoms with van der Waals surface area (Å²) in [7, 11) is -0.260. The van der Waals surface area contributed by atoms with Gasteiger partial charge in [-0.2, -0.15) is 4.31 Å². The minimum Gasteiger partial charge on any atom is -0.497 e. The van der Waals surface area contributed by atoms with Gasteiger partial charge in [0.05, 0.1) is 17.7 Å². The van der Waals surface area contributed by atoms with Gasteiger partial charge in [-0.15, -0.1) is 0 Å². The summed E-state index contributed by atoms with van der Waals surface area (Å²) >= 11 is 0. The molecule has 0 unspecified atom stereocenters. The van der Waals surface area contributed by atoms with Crippen molar-refractivity contribution >= 4 is 21.6 Å². The number of ether oxygens (including phenoxy) is 1. The molecule has 0 atom stereocenters. The summed E-state index contributed by atoms with van der Waals surface area (Å²) in [5.41, 5.74) is 2.89. The number of carbonyl (C=O) groups excluding carboxylic acids is 1. The molecule has 1 amide bonds. The van der Waals surface area contributed by atoms with Crippen molar-refractivity contribution in [3.63, 3.8) is 0 Å². The fourth-order valence-corrected chi connectivity index (χ4v) is 5.73. The summed E-state index contributed by atoms with van der Waals surface area (Å²) in [6.45, 7) is 0.637. The smallest absolute Gasteiger partial charge is 0.243 e. The highest BCUT2D eigenvalue weighted by Gasteiger charge is 2.33. The summed E-state index contributed by atoms with van der Waals surface area (Å²) in [6.07, 6.45) is 0.984. The number of para-hydroxylation sites is 1. The normalized spacial score (nSPS) is 15.2. The number of hydrogen-bond donors (Lipinski definition) is 0. The second-order valence-electron chi connectivity index (χ2n) is 8.13. The van der Waals surface area contributed by atoms with Gasteiger partial charge in [-0.1, -0.05) is 48.5 Å². The molecule has 1 aliphatic heterocycles. The summed E-state index contributed by atoms with van der Waals surface area (Å²) in [5.74, 6) is 0.401. The Kier molecular flexibility index (Phi) is 6.81. The highest BCUT2D eigenvalue weighted by molar-refractivity contribution is 7.89. The lowest BCUT2D eigenvalue weighted by molar-refractivity contribution is -0.123. The molecule has 3 aromatic carbocycles. The Balaban J connectivity index is 1.46. The van der Waals surface area contributed by atoms with E-state index >= 15 is 0 Å². The average molecular weight is 465 g/mol. The standard InChI is InChI=1S/C26H28N2O4S/c1-27(25-11-7-6-10-24(25)20-8-4-3-5-9-20)26(29)21-16-18-28(19-17-21)33(30,31)23-14-12-22(32-2)13-15-23/h3-15,21H,16-19H2,1-2H3. The summed E-state index contributed by atoms with van der Waals surface area (Å²) in [4.78, 5) is 15.3. The molecule has 1 fully saturated rings. The maximum Gasteiger partial charge on any atom is 0.243 e. The van der Waals surface area contributed by atoms with Crippen molar-refractivity contribution < 1.29 is 17.9 Å². The van der Waals surface area contributed by atoms with Crippen LogP contribution in [-0.2, 0) is 14.8 Å². The van der Waals surface area contributed by atoms with Crippen molar-refractivity contribution in [1.82, 2.24) is 4.31 Å². The topological polar surface area (TPSA) is 66.9 Å². The first-order chi connectivity index (χ1) is 15.9. The number of rotatable bonds is 6. The molecule has 4 rings (SSSR count). The molecule has 3 aromatic rings. The molecule has 0 aromatic heterocycles. The zero-order chi connectivity index (χ0) is 23.4. The first kappa shape index (κ1) is 23.0. The summed E-state index contributed by atoms with van der Waals surface area (Å²) in [6, 6.07) is 24.2. The van der Waals surface area contributed by atoms with Crippen molar-refractivity contribution in [3.05, 3.63) is 78.9 Å². The molecule has 1 aliphatic rings. The van der Waals surface area contributed by atoms with Gasteiger partial charge in [-0.05, 0) is 48.7 Å². The zero-order valence-corrected chi connectivity index (χ0v) is 19.7. The van der Waals surface area contributed by atoms with E-state index in [0.29, 0.717) is 31.7 Å². The number of carbonyl (C=O) groups is 1. The van der Waals surface area contributed by atoms with Crippen LogP contribution in [0.2, 0.25) is 0 Å². The molecule has 33 heavy (non-hydrogen) atoms.